The van der Waals surface area contributed by atoms with Crippen LogP contribution in [0.5, 0.6) is 0 Å². The number of carbonyl (C=O) groups is 3. The van der Waals surface area contributed by atoms with Crippen LogP contribution >= 0.6 is 0 Å². The lowest BCUT2D eigenvalue weighted by atomic mass is 10.0. The van der Waals surface area contributed by atoms with Crippen molar-refractivity contribution in [3.8, 4) is 5.69 Å². The maximum absolute atomic E-state index is 13.1. The second kappa shape index (κ2) is 9.06. The van der Waals surface area contributed by atoms with Gasteiger partial charge in [-0.05, 0) is 74.2 Å². The Hall–Kier alpha value is -3.67. The maximum Gasteiger partial charge on any atom is 0.257 e. The van der Waals surface area contributed by atoms with Crippen molar-refractivity contribution >= 4 is 29.1 Å². The van der Waals surface area contributed by atoms with Crippen molar-refractivity contribution < 1.29 is 14.4 Å². The molecule has 33 heavy (non-hydrogen) atoms. The van der Waals surface area contributed by atoms with Crippen molar-refractivity contribution in [3.63, 3.8) is 0 Å². The fraction of sp³-hybridized carbons (Fsp3) is 0.296. The number of piperidine rings is 1. The maximum atomic E-state index is 13.1. The Balaban J connectivity index is 1.55. The highest BCUT2D eigenvalue weighted by molar-refractivity contribution is 6.16. The van der Waals surface area contributed by atoms with Crippen LogP contribution in [0.2, 0.25) is 0 Å². The lowest BCUT2D eigenvalue weighted by molar-refractivity contribution is -0.129. The Labute approximate surface area is 194 Å². The van der Waals surface area contributed by atoms with Crippen LogP contribution in [-0.4, -0.2) is 22.3 Å². The number of rotatable bonds is 5. The van der Waals surface area contributed by atoms with Crippen LogP contribution < -0.4 is 10.2 Å². The number of hydrogen-bond donors (Lipinski definition) is 1. The van der Waals surface area contributed by atoms with E-state index < -0.39 is 0 Å². The Kier molecular flexibility index (Phi) is 6.18. The van der Waals surface area contributed by atoms with E-state index in [-0.39, 0.29) is 17.7 Å². The Morgan fingerprint density at radius 1 is 0.909 bits per heavy atom. The second-order valence-corrected chi connectivity index (χ2v) is 8.85. The zero-order valence-electron chi connectivity index (χ0n) is 19.5. The molecular formula is C27H29N3O3. The predicted molar refractivity (Wildman–Crippen MR) is 130 cm³/mol. The first-order chi connectivity index (χ1) is 15.8. The third kappa shape index (κ3) is 4.46. The van der Waals surface area contributed by atoms with Gasteiger partial charge in [0.2, 0.25) is 11.8 Å². The molecule has 0 radical (unpaired) electrons. The van der Waals surface area contributed by atoms with Crippen LogP contribution in [0, 0.1) is 13.8 Å². The number of hydrogen-bond acceptors (Lipinski definition) is 3. The number of carbonyl (C=O) groups excluding carboxylic acids is 3. The van der Waals surface area contributed by atoms with Crippen LogP contribution in [0.15, 0.2) is 54.6 Å². The molecule has 4 rings (SSSR count). The topological polar surface area (TPSA) is 71.4 Å². The first-order valence-electron chi connectivity index (χ1n) is 11.3. The van der Waals surface area contributed by atoms with E-state index in [0.29, 0.717) is 42.1 Å². The van der Waals surface area contributed by atoms with Gasteiger partial charge in [0.15, 0.2) is 0 Å². The SMILES string of the molecule is Cc1cc(C(=O)Nc2ccc(N3C(=O)CCCC3=O)cc2)c(C)n1-c1cccc(C(C)C)c1. The van der Waals surface area contributed by atoms with Crippen molar-refractivity contribution in [3.05, 3.63) is 77.1 Å². The summed E-state index contributed by atoms with van der Waals surface area (Å²) in [4.78, 5) is 38.6. The minimum Gasteiger partial charge on any atom is -0.322 e. The number of aromatic nitrogens is 1. The van der Waals surface area contributed by atoms with Crippen molar-refractivity contribution in [1.29, 1.82) is 0 Å². The highest BCUT2D eigenvalue weighted by Crippen LogP contribution is 2.26. The molecule has 170 valence electrons. The summed E-state index contributed by atoms with van der Waals surface area (Å²) in [5.74, 6) is -0.149. The lowest BCUT2D eigenvalue weighted by Crippen LogP contribution is -2.40. The molecule has 2 aromatic carbocycles. The monoisotopic (exact) mass is 443 g/mol. The summed E-state index contributed by atoms with van der Waals surface area (Å²) in [5.41, 5.74) is 5.88. The highest BCUT2D eigenvalue weighted by atomic mass is 16.2. The Morgan fingerprint density at radius 2 is 1.58 bits per heavy atom. The zero-order chi connectivity index (χ0) is 23.7. The summed E-state index contributed by atoms with van der Waals surface area (Å²) in [7, 11) is 0. The number of anilines is 2. The standard InChI is InChI=1S/C27H29N3O3/c1-17(2)20-7-5-8-23(16-20)29-18(3)15-24(19(29)4)27(33)28-21-11-13-22(14-12-21)30-25(31)9-6-10-26(30)32/h5,7-8,11-17H,6,9-10H2,1-4H3,(H,28,33). The van der Waals surface area contributed by atoms with Gasteiger partial charge in [0, 0.05) is 35.6 Å². The first-order valence-corrected chi connectivity index (χ1v) is 11.3. The normalized spacial score (nSPS) is 14.2. The quantitative estimate of drug-likeness (QED) is 0.528. The number of imide groups is 1. The van der Waals surface area contributed by atoms with Crippen LogP contribution in [0.4, 0.5) is 11.4 Å². The Bertz CT molecular complexity index is 1210. The molecule has 0 aliphatic carbocycles. The van der Waals surface area contributed by atoms with E-state index in [4.69, 9.17) is 0 Å². The number of nitrogens with zero attached hydrogens (tertiary/aromatic N) is 2. The molecule has 0 spiro atoms. The molecule has 0 unspecified atom stereocenters. The van der Waals surface area contributed by atoms with Crippen molar-refractivity contribution in [2.75, 3.05) is 10.2 Å². The van der Waals surface area contributed by atoms with Gasteiger partial charge in [-0.1, -0.05) is 26.0 Å². The fourth-order valence-electron chi connectivity index (χ4n) is 4.35. The smallest absolute Gasteiger partial charge is 0.257 e. The molecule has 1 aliphatic rings. The summed E-state index contributed by atoms with van der Waals surface area (Å²) in [6.45, 7) is 8.26. The molecule has 1 aliphatic heterocycles. The molecule has 0 saturated carbocycles. The van der Waals surface area contributed by atoms with E-state index >= 15 is 0 Å². The predicted octanol–water partition coefficient (Wildman–Crippen LogP) is 5.51. The van der Waals surface area contributed by atoms with E-state index in [1.807, 2.05) is 26.0 Å². The van der Waals surface area contributed by atoms with Gasteiger partial charge in [0.05, 0.1) is 11.3 Å². The lowest BCUT2D eigenvalue weighted by Gasteiger charge is -2.24. The van der Waals surface area contributed by atoms with Crippen LogP contribution in [0.1, 0.15) is 66.3 Å². The molecule has 3 aromatic rings. The molecule has 0 bridgehead atoms. The van der Waals surface area contributed by atoms with Gasteiger partial charge in [0.1, 0.15) is 0 Å². The van der Waals surface area contributed by atoms with Gasteiger partial charge in [-0.25, -0.2) is 0 Å². The largest absolute Gasteiger partial charge is 0.322 e. The zero-order valence-corrected chi connectivity index (χ0v) is 19.5. The molecule has 3 amide bonds. The number of aryl methyl sites for hydroxylation is 1. The average Bonchev–Trinajstić information content (AvgIpc) is 3.09. The number of amides is 3. The van der Waals surface area contributed by atoms with E-state index in [1.165, 1.54) is 10.5 Å². The molecule has 1 fully saturated rings. The fourth-order valence-corrected chi connectivity index (χ4v) is 4.35. The molecule has 6 heteroatoms. The van der Waals surface area contributed by atoms with Gasteiger partial charge in [-0.15, -0.1) is 0 Å². The molecule has 1 N–H and O–H groups in total. The van der Waals surface area contributed by atoms with Gasteiger partial charge < -0.3 is 9.88 Å². The van der Waals surface area contributed by atoms with Gasteiger partial charge in [0.25, 0.3) is 5.91 Å². The van der Waals surface area contributed by atoms with Crippen molar-refractivity contribution in [2.45, 2.75) is 52.9 Å². The molecule has 0 atom stereocenters. The van der Waals surface area contributed by atoms with E-state index in [1.54, 1.807) is 24.3 Å². The first kappa shape index (κ1) is 22.5. The van der Waals surface area contributed by atoms with Crippen LogP contribution in [0.3, 0.4) is 0 Å². The van der Waals surface area contributed by atoms with Gasteiger partial charge in [-0.2, -0.15) is 0 Å². The third-order valence-corrected chi connectivity index (χ3v) is 6.13. The van der Waals surface area contributed by atoms with Crippen molar-refractivity contribution in [1.82, 2.24) is 4.57 Å². The van der Waals surface area contributed by atoms with E-state index in [9.17, 15) is 14.4 Å². The average molecular weight is 444 g/mol. The van der Waals surface area contributed by atoms with Gasteiger partial charge >= 0.3 is 0 Å². The van der Waals surface area contributed by atoms with Crippen LogP contribution in [0.25, 0.3) is 5.69 Å². The summed E-state index contributed by atoms with van der Waals surface area (Å²) >= 11 is 0. The second-order valence-electron chi connectivity index (χ2n) is 8.85. The minimum atomic E-state index is -0.202. The number of benzene rings is 2. The van der Waals surface area contributed by atoms with Gasteiger partial charge in [-0.3, -0.25) is 19.3 Å². The third-order valence-electron chi connectivity index (χ3n) is 6.13. The van der Waals surface area contributed by atoms with E-state index in [2.05, 4.69) is 41.9 Å². The molecular weight excluding hydrogens is 414 g/mol. The highest BCUT2D eigenvalue weighted by Gasteiger charge is 2.27. The Morgan fingerprint density at radius 3 is 2.21 bits per heavy atom. The number of nitrogens with one attached hydrogen (secondary N) is 1. The summed E-state index contributed by atoms with van der Waals surface area (Å²) in [6.07, 6.45) is 1.35. The summed E-state index contributed by atoms with van der Waals surface area (Å²) < 4.78 is 2.09. The molecule has 1 aromatic heterocycles. The molecule has 1 saturated heterocycles. The van der Waals surface area contributed by atoms with E-state index in [0.717, 1.165) is 17.1 Å². The minimum absolute atomic E-state index is 0.183. The molecule has 2 heterocycles. The molecule has 6 nitrogen and oxygen atoms in total. The van der Waals surface area contributed by atoms with Crippen LogP contribution in [-0.2, 0) is 9.59 Å². The summed E-state index contributed by atoms with van der Waals surface area (Å²) in [5, 5.41) is 2.93. The summed E-state index contributed by atoms with van der Waals surface area (Å²) in [6, 6.07) is 17.1. The van der Waals surface area contributed by atoms with Crippen molar-refractivity contribution in [2.24, 2.45) is 0 Å².